The molecule has 2 aliphatic rings. The van der Waals surface area contributed by atoms with Crippen LogP contribution < -0.4 is 5.32 Å². The number of ether oxygens (including phenoxy) is 1. The van der Waals surface area contributed by atoms with E-state index in [0.29, 0.717) is 17.9 Å². The quantitative estimate of drug-likeness (QED) is 0.750. The van der Waals surface area contributed by atoms with E-state index in [1.165, 1.54) is 12.8 Å². The number of methoxy groups -OCH3 is 1. The van der Waals surface area contributed by atoms with Gasteiger partial charge in [-0.2, -0.15) is 0 Å². The normalized spacial score (nSPS) is 26.1. The van der Waals surface area contributed by atoms with Crippen LogP contribution in [0.3, 0.4) is 0 Å². The highest BCUT2D eigenvalue weighted by molar-refractivity contribution is 5.80. The van der Waals surface area contributed by atoms with Crippen molar-refractivity contribution >= 4 is 5.91 Å². The van der Waals surface area contributed by atoms with Crippen LogP contribution in [-0.2, 0) is 9.53 Å². The van der Waals surface area contributed by atoms with E-state index >= 15 is 0 Å². The molecule has 1 N–H and O–H groups in total. The molecule has 1 saturated carbocycles. The molecule has 1 aliphatic heterocycles. The Morgan fingerprint density at radius 2 is 2.22 bits per heavy atom. The topological polar surface area (TPSA) is 41.6 Å². The van der Waals surface area contributed by atoms with Crippen LogP contribution in [0.5, 0.6) is 0 Å². The van der Waals surface area contributed by atoms with Crippen molar-refractivity contribution in [3.8, 4) is 0 Å². The number of rotatable bonds is 7. The van der Waals surface area contributed by atoms with Gasteiger partial charge in [-0.25, -0.2) is 0 Å². The standard InChI is InChI=1S/C14H26N2O2/c1-11(2)8-12-15-9-13(17)16(12)10-14(4-5-14)6-7-18-3/h11-12,15H,4-10H2,1-3H3. The molecule has 2 rings (SSSR count). The van der Waals surface area contributed by atoms with E-state index in [1.54, 1.807) is 7.11 Å². The zero-order chi connectivity index (χ0) is 13.2. The third-order valence-electron chi connectivity index (χ3n) is 4.18. The van der Waals surface area contributed by atoms with E-state index < -0.39 is 0 Å². The Labute approximate surface area is 110 Å². The second-order valence-electron chi connectivity index (χ2n) is 6.29. The molecule has 104 valence electrons. The van der Waals surface area contributed by atoms with Crippen molar-refractivity contribution in [1.82, 2.24) is 10.2 Å². The summed E-state index contributed by atoms with van der Waals surface area (Å²) in [5, 5.41) is 3.34. The Kier molecular flexibility index (Phi) is 4.28. The maximum absolute atomic E-state index is 12.0. The van der Waals surface area contributed by atoms with Gasteiger partial charge in [-0.1, -0.05) is 13.8 Å². The number of carbonyl (C=O) groups is 1. The monoisotopic (exact) mass is 254 g/mol. The van der Waals surface area contributed by atoms with E-state index in [0.717, 1.165) is 26.0 Å². The van der Waals surface area contributed by atoms with E-state index in [-0.39, 0.29) is 12.1 Å². The highest BCUT2D eigenvalue weighted by Gasteiger charge is 2.46. The SMILES string of the molecule is COCCC1(CN2C(=O)CNC2CC(C)C)CC1. The molecule has 0 radical (unpaired) electrons. The molecule has 0 bridgehead atoms. The Morgan fingerprint density at radius 1 is 1.50 bits per heavy atom. The summed E-state index contributed by atoms with van der Waals surface area (Å²) >= 11 is 0. The second-order valence-corrected chi connectivity index (χ2v) is 6.29. The first kappa shape index (κ1) is 13.8. The van der Waals surface area contributed by atoms with Gasteiger partial charge in [0.25, 0.3) is 0 Å². The Morgan fingerprint density at radius 3 is 2.78 bits per heavy atom. The van der Waals surface area contributed by atoms with Gasteiger partial charge in [0.1, 0.15) is 0 Å². The van der Waals surface area contributed by atoms with Gasteiger partial charge in [0.05, 0.1) is 12.7 Å². The molecule has 0 spiro atoms. The number of hydrogen-bond donors (Lipinski definition) is 1. The van der Waals surface area contributed by atoms with Crippen LogP contribution in [0, 0.1) is 11.3 Å². The first-order chi connectivity index (χ1) is 8.56. The van der Waals surface area contributed by atoms with Crippen LogP contribution >= 0.6 is 0 Å². The molecular formula is C14H26N2O2. The molecule has 0 aromatic heterocycles. The first-order valence-electron chi connectivity index (χ1n) is 7.08. The predicted molar refractivity (Wildman–Crippen MR) is 71.1 cm³/mol. The van der Waals surface area contributed by atoms with Crippen molar-refractivity contribution in [1.29, 1.82) is 0 Å². The molecule has 4 nitrogen and oxygen atoms in total. The highest BCUT2D eigenvalue weighted by atomic mass is 16.5. The maximum atomic E-state index is 12.0. The van der Waals surface area contributed by atoms with Crippen molar-refractivity contribution in [3.05, 3.63) is 0 Å². The van der Waals surface area contributed by atoms with Crippen LogP contribution in [0.4, 0.5) is 0 Å². The van der Waals surface area contributed by atoms with Gasteiger partial charge in [0.15, 0.2) is 0 Å². The summed E-state index contributed by atoms with van der Waals surface area (Å²) in [4.78, 5) is 14.0. The zero-order valence-corrected chi connectivity index (χ0v) is 11.9. The average molecular weight is 254 g/mol. The molecule has 0 aromatic carbocycles. The van der Waals surface area contributed by atoms with E-state index in [4.69, 9.17) is 4.74 Å². The lowest BCUT2D eigenvalue weighted by molar-refractivity contribution is -0.129. The van der Waals surface area contributed by atoms with Crippen LogP contribution in [-0.4, -0.2) is 43.8 Å². The van der Waals surface area contributed by atoms with Gasteiger partial charge >= 0.3 is 0 Å². The summed E-state index contributed by atoms with van der Waals surface area (Å²) in [6.45, 7) is 6.66. The number of nitrogens with zero attached hydrogens (tertiary/aromatic N) is 1. The molecule has 1 amide bonds. The molecule has 0 aromatic rings. The fourth-order valence-electron chi connectivity index (χ4n) is 2.79. The number of hydrogen-bond acceptors (Lipinski definition) is 3. The van der Waals surface area contributed by atoms with Crippen molar-refractivity contribution in [2.24, 2.45) is 11.3 Å². The molecular weight excluding hydrogens is 228 g/mol. The minimum absolute atomic E-state index is 0.248. The lowest BCUT2D eigenvalue weighted by atomic mass is 10.0. The van der Waals surface area contributed by atoms with Crippen LogP contribution in [0.1, 0.15) is 39.5 Å². The van der Waals surface area contributed by atoms with Gasteiger partial charge in [-0.15, -0.1) is 0 Å². The van der Waals surface area contributed by atoms with Gasteiger partial charge < -0.3 is 9.64 Å². The maximum Gasteiger partial charge on any atom is 0.237 e. The van der Waals surface area contributed by atoms with Crippen molar-refractivity contribution in [2.45, 2.75) is 45.7 Å². The van der Waals surface area contributed by atoms with Crippen molar-refractivity contribution < 1.29 is 9.53 Å². The predicted octanol–water partition coefficient (Wildman–Crippen LogP) is 1.61. The first-order valence-corrected chi connectivity index (χ1v) is 7.08. The highest BCUT2D eigenvalue weighted by Crippen LogP contribution is 2.49. The lowest BCUT2D eigenvalue weighted by Gasteiger charge is -2.29. The average Bonchev–Trinajstić information content (AvgIpc) is 3.01. The summed E-state index contributed by atoms with van der Waals surface area (Å²) < 4.78 is 5.18. The fraction of sp³-hybridized carbons (Fsp3) is 0.929. The third-order valence-corrected chi connectivity index (χ3v) is 4.18. The Hall–Kier alpha value is -0.610. The summed E-state index contributed by atoms with van der Waals surface area (Å²) in [7, 11) is 1.75. The van der Waals surface area contributed by atoms with Gasteiger partial charge in [0, 0.05) is 20.3 Å². The number of carbonyl (C=O) groups excluding carboxylic acids is 1. The summed E-state index contributed by atoms with van der Waals surface area (Å²) in [6.07, 6.45) is 4.87. The van der Waals surface area contributed by atoms with Crippen LogP contribution in [0.25, 0.3) is 0 Å². The molecule has 4 heteroatoms. The number of amides is 1. The Balaban J connectivity index is 1.91. The molecule has 1 aliphatic carbocycles. The third kappa shape index (κ3) is 3.23. The van der Waals surface area contributed by atoms with E-state index in [2.05, 4.69) is 24.1 Å². The van der Waals surface area contributed by atoms with E-state index in [9.17, 15) is 4.79 Å². The fourth-order valence-corrected chi connectivity index (χ4v) is 2.79. The smallest absolute Gasteiger partial charge is 0.237 e. The summed E-state index contributed by atoms with van der Waals surface area (Å²) in [5.41, 5.74) is 0.354. The minimum Gasteiger partial charge on any atom is -0.385 e. The lowest BCUT2D eigenvalue weighted by Crippen LogP contribution is -2.42. The van der Waals surface area contributed by atoms with E-state index in [1.807, 2.05) is 0 Å². The number of nitrogens with one attached hydrogen (secondary N) is 1. The van der Waals surface area contributed by atoms with Crippen LogP contribution in [0.2, 0.25) is 0 Å². The molecule has 2 fully saturated rings. The molecule has 18 heavy (non-hydrogen) atoms. The van der Waals surface area contributed by atoms with Crippen molar-refractivity contribution in [3.63, 3.8) is 0 Å². The Bertz CT molecular complexity index is 300. The zero-order valence-electron chi connectivity index (χ0n) is 11.9. The largest absolute Gasteiger partial charge is 0.385 e. The summed E-state index contributed by atoms with van der Waals surface area (Å²) in [5.74, 6) is 0.884. The van der Waals surface area contributed by atoms with Gasteiger partial charge in [0.2, 0.25) is 5.91 Å². The molecule has 1 saturated heterocycles. The second kappa shape index (κ2) is 5.57. The molecule has 1 heterocycles. The summed E-state index contributed by atoms with van der Waals surface area (Å²) in [6, 6.07) is 0. The van der Waals surface area contributed by atoms with Crippen LogP contribution in [0.15, 0.2) is 0 Å². The molecule has 1 unspecified atom stereocenters. The van der Waals surface area contributed by atoms with Crippen molar-refractivity contribution in [2.75, 3.05) is 26.8 Å². The van der Waals surface area contributed by atoms with Gasteiger partial charge in [-0.05, 0) is 37.0 Å². The van der Waals surface area contributed by atoms with Gasteiger partial charge in [-0.3, -0.25) is 10.1 Å². The molecule has 1 atom stereocenters. The minimum atomic E-state index is 0.248.